The van der Waals surface area contributed by atoms with Gasteiger partial charge in [-0.2, -0.15) is 0 Å². The van der Waals surface area contributed by atoms with Gasteiger partial charge in [-0.05, 0) is 49.1 Å². The second-order valence-electron chi connectivity index (χ2n) is 7.67. The number of aliphatic hydroxyl groups is 1. The Balaban J connectivity index is 1.55. The zero-order valence-electron chi connectivity index (χ0n) is 17.5. The Hall–Kier alpha value is -2.51. The van der Waals surface area contributed by atoms with Crippen molar-refractivity contribution in [2.24, 2.45) is 4.99 Å². The van der Waals surface area contributed by atoms with Crippen molar-refractivity contribution in [3.05, 3.63) is 70.8 Å². The lowest BCUT2D eigenvalue weighted by Crippen LogP contribution is -2.41. The summed E-state index contributed by atoms with van der Waals surface area (Å²) in [4.78, 5) is 6.72. The van der Waals surface area contributed by atoms with Gasteiger partial charge >= 0.3 is 0 Å². The van der Waals surface area contributed by atoms with Gasteiger partial charge < -0.3 is 15.7 Å². The van der Waals surface area contributed by atoms with Crippen LogP contribution >= 0.6 is 0 Å². The largest absolute Gasteiger partial charge is 0.390 e. The Morgan fingerprint density at radius 2 is 1.93 bits per heavy atom. The third kappa shape index (κ3) is 6.00. The lowest BCUT2D eigenvalue weighted by molar-refractivity contribution is 0.111. The molecular weight excluding hydrogens is 386 g/mol. The van der Waals surface area contributed by atoms with Gasteiger partial charge in [-0.15, -0.1) is 0 Å². The Morgan fingerprint density at radius 1 is 1.17 bits per heavy atom. The molecule has 1 aliphatic heterocycles. The lowest BCUT2D eigenvalue weighted by Gasteiger charge is -2.30. The molecule has 0 saturated heterocycles. The number of fused-ring (bicyclic) bond motifs is 1. The van der Waals surface area contributed by atoms with E-state index in [4.69, 9.17) is 0 Å². The number of rotatable bonds is 7. The predicted molar refractivity (Wildman–Crippen MR) is 115 cm³/mol. The Morgan fingerprint density at radius 3 is 2.67 bits per heavy atom. The highest BCUT2D eigenvalue weighted by Gasteiger charge is 2.18. The van der Waals surface area contributed by atoms with E-state index in [9.17, 15) is 13.9 Å². The van der Waals surface area contributed by atoms with Crippen LogP contribution < -0.4 is 10.6 Å². The Kier molecular flexibility index (Phi) is 7.76. The van der Waals surface area contributed by atoms with E-state index in [0.717, 1.165) is 25.6 Å². The average molecular weight is 417 g/mol. The molecule has 0 spiro atoms. The van der Waals surface area contributed by atoms with Gasteiger partial charge in [-0.1, -0.05) is 30.3 Å². The molecule has 1 heterocycles. The van der Waals surface area contributed by atoms with E-state index in [-0.39, 0.29) is 12.6 Å². The number of hydrogen-bond donors (Lipinski definition) is 3. The molecular formula is C23H30F2N4O. The molecule has 1 aliphatic rings. The van der Waals surface area contributed by atoms with Crippen LogP contribution in [-0.2, 0) is 13.0 Å². The maximum Gasteiger partial charge on any atom is 0.191 e. The Labute approximate surface area is 176 Å². The number of β-amino-alcohol motifs (C(OH)–C–C–N with tert-alkyl or cyclic N) is 1. The van der Waals surface area contributed by atoms with Crippen LogP contribution in [0.15, 0.2) is 47.5 Å². The molecule has 162 valence electrons. The van der Waals surface area contributed by atoms with E-state index in [0.29, 0.717) is 24.6 Å². The predicted octanol–water partition coefficient (Wildman–Crippen LogP) is 3.00. The maximum absolute atomic E-state index is 13.5. The van der Waals surface area contributed by atoms with E-state index in [1.54, 1.807) is 6.07 Å². The molecule has 0 radical (unpaired) electrons. The highest BCUT2D eigenvalue weighted by molar-refractivity contribution is 5.80. The van der Waals surface area contributed by atoms with E-state index >= 15 is 0 Å². The van der Waals surface area contributed by atoms with Crippen LogP contribution in [0.4, 0.5) is 8.78 Å². The third-order valence-corrected chi connectivity index (χ3v) is 5.28. The van der Waals surface area contributed by atoms with E-state index in [1.807, 2.05) is 19.9 Å². The minimum absolute atomic E-state index is 0.248. The van der Waals surface area contributed by atoms with Crippen LogP contribution in [0.5, 0.6) is 0 Å². The molecule has 3 rings (SSSR count). The van der Waals surface area contributed by atoms with Gasteiger partial charge in [0.15, 0.2) is 17.6 Å². The summed E-state index contributed by atoms with van der Waals surface area (Å²) in [6, 6.07) is 12.0. The normalized spacial score (nSPS) is 16.6. The van der Waals surface area contributed by atoms with Crippen LogP contribution in [0.2, 0.25) is 0 Å². The highest BCUT2D eigenvalue weighted by Crippen LogP contribution is 2.19. The van der Waals surface area contributed by atoms with Crippen LogP contribution in [-0.4, -0.2) is 48.2 Å². The zero-order chi connectivity index (χ0) is 21.5. The van der Waals surface area contributed by atoms with Crippen molar-refractivity contribution in [3.63, 3.8) is 0 Å². The van der Waals surface area contributed by atoms with Crippen LogP contribution in [0.1, 0.15) is 36.6 Å². The fraction of sp³-hybridized carbons (Fsp3) is 0.435. The highest BCUT2D eigenvalue weighted by atomic mass is 19.2. The first-order chi connectivity index (χ1) is 14.5. The quantitative estimate of drug-likeness (QED) is 0.480. The smallest absolute Gasteiger partial charge is 0.191 e. The zero-order valence-corrected chi connectivity index (χ0v) is 17.5. The molecule has 3 N–H and O–H groups in total. The molecule has 0 aliphatic carbocycles. The minimum atomic E-state index is -0.874. The molecule has 0 fully saturated rings. The first-order valence-corrected chi connectivity index (χ1v) is 10.4. The number of nitrogens with one attached hydrogen (secondary N) is 2. The van der Waals surface area contributed by atoms with Gasteiger partial charge in [-0.3, -0.25) is 9.89 Å². The van der Waals surface area contributed by atoms with Crippen LogP contribution in [0.3, 0.4) is 0 Å². The van der Waals surface area contributed by atoms with Gasteiger partial charge in [0.2, 0.25) is 0 Å². The molecule has 2 aromatic rings. The molecule has 0 amide bonds. The van der Waals surface area contributed by atoms with Crippen LogP contribution in [0.25, 0.3) is 0 Å². The standard InChI is InChI=1S/C23H30F2N4O/c1-3-26-23(28-16(2)18-8-9-21(24)22(25)12-18)27-13-20(30)15-29-11-10-17-6-4-5-7-19(17)14-29/h4-9,12,16,20,30H,3,10-11,13-15H2,1-2H3,(H2,26,27,28). The number of guanidine groups is 1. The number of benzene rings is 2. The summed E-state index contributed by atoms with van der Waals surface area (Å²) in [6.07, 6.45) is 0.395. The molecule has 30 heavy (non-hydrogen) atoms. The first-order valence-electron chi connectivity index (χ1n) is 10.4. The van der Waals surface area contributed by atoms with E-state index < -0.39 is 17.7 Å². The van der Waals surface area contributed by atoms with Crippen molar-refractivity contribution in [2.75, 3.05) is 26.2 Å². The number of hydrogen-bond acceptors (Lipinski definition) is 3. The monoisotopic (exact) mass is 416 g/mol. The fourth-order valence-corrected chi connectivity index (χ4v) is 3.65. The summed E-state index contributed by atoms with van der Waals surface area (Å²) in [6.45, 7) is 7.00. The topological polar surface area (TPSA) is 59.9 Å². The van der Waals surface area contributed by atoms with E-state index in [1.165, 1.54) is 17.2 Å². The summed E-state index contributed by atoms with van der Waals surface area (Å²) >= 11 is 0. The second kappa shape index (κ2) is 10.5. The van der Waals surface area contributed by atoms with Crippen LogP contribution in [0, 0.1) is 11.6 Å². The molecule has 5 nitrogen and oxygen atoms in total. The summed E-state index contributed by atoms with van der Waals surface area (Å²) in [7, 11) is 0. The van der Waals surface area contributed by atoms with Gasteiger partial charge in [0, 0.05) is 26.2 Å². The molecule has 2 unspecified atom stereocenters. The van der Waals surface area contributed by atoms with Crippen molar-refractivity contribution in [1.82, 2.24) is 15.5 Å². The molecule has 0 saturated carbocycles. The summed E-state index contributed by atoms with van der Waals surface area (Å²) in [5.74, 6) is -1.21. The van der Waals surface area contributed by atoms with Gasteiger partial charge in [-0.25, -0.2) is 8.78 Å². The molecule has 2 atom stereocenters. The van der Waals surface area contributed by atoms with E-state index in [2.05, 4.69) is 38.7 Å². The first kappa shape index (κ1) is 22.2. The third-order valence-electron chi connectivity index (χ3n) is 5.28. The van der Waals surface area contributed by atoms with Crippen molar-refractivity contribution in [3.8, 4) is 0 Å². The van der Waals surface area contributed by atoms with Crippen molar-refractivity contribution < 1.29 is 13.9 Å². The lowest BCUT2D eigenvalue weighted by atomic mass is 10.00. The van der Waals surface area contributed by atoms with Crippen molar-refractivity contribution in [1.29, 1.82) is 0 Å². The maximum atomic E-state index is 13.5. The number of nitrogens with zero attached hydrogens (tertiary/aromatic N) is 2. The summed E-state index contributed by atoms with van der Waals surface area (Å²) in [5, 5.41) is 16.8. The average Bonchev–Trinajstić information content (AvgIpc) is 2.74. The summed E-state index contributed by atoms with van der Waals surface area (Å²) < 4.78 is 26.7. The molecule has 7 heteroatoms. The number of aliphatic hydroxyl groups excluding tert-OH is 1. The SMILES string of the molecule is CCNC(=NCC(O)CN1CCc2ccccc2C1)NC(C)c1ccc(F)c(F)c1. The van der Waals surface area contributed by atoms with Crippen molar-refractivity contribution >= 4 is 5.96 Å². The fourth-order valence-electron chi connectivity index (χ4n) is 3.65. The van der Waals surface area contributed by atoms with Crippen molar-refractivity contribution in [2.45, 2.75) is 39.0 Å². The molecule has 0 aromatic heterocycles. The van der Waals surface area contributed by atoms with Gasteiger partial charge in [0.1, 0.15) is 0 Å². The minimum Gasteiger partial charge on any atom is -0.390 e. The molecule has 2 aromatic carbocycles. The second-order valence-corrected chi connectivity index (χ2v) is 7.67. The molecule has 0 bridgehead atoms. The Bertz CT molecular complexity index is 874. The number of halogens is 2. The number of aliphatic imine (C=N–C) groups is 1. The van der Waals surface area contributed by atoms with Gasteiger partial charge in [0.05, 0.1) is 18.7 Å². The summed E-state index contributed by atoms with van der Waals surface area (Å²) in [5.41, 5.74) is 3.31. The van der Waals surface area contributed by atoms with Gasteiger partial charge in [0.25, 0.3) is 0 Å².